The zero-order chi connectivity index (χ0) is 14.4. The molecule has 19 heavy (non-hydrogen) atoms. The lowest BCUT2D eigenvalue weighted by molar-refractivity contribution is -0.125. The van der Waals surface area contributed by atoms with Crippen molar-refractivity contribution in [3.63, 3.8) is 0 Å². The molecule has 0 heterocycles. The first-order valence-corrected chi connectivity index (χ1v) is 7.50. The molecule has 0 bridgehead atoms. The van der Waals surface area contributed by atoms with Gasteiger partial charge in [-0.15, -0.1) is 0 Å². The van der Waals surface area contributed by atoms with Crippen LogP contribution >= 0.6 is 15.9 Å². The van der Waals surface area contributed by atoms with Crippen molar-refractivity contribution in [1.29, 1.82) is 0 Å². The largest absolute Gasteiger partial charge is 0.353 e. The lowest BCUT2D eigenvalue weighted by Crippen LogP contribution is -2.42. The van der Waals surface area contributed by atoms with Gasteiger partial charge < -0.3 is 11.1 Å². The molecule has 1 aromatic carbocycles. The van der Waals surface area contributed by atoms with E-state index in [1.54, 1.807) is 0 Å². The molecule has 3 N–H and O–H groups in total. The van der Waals surface area contributed by atoms with E-state index in [1.165, 1.54) is 5.56 Å². The van der Waals surface area contributed by atoms with Crippen molar-refractivity contribution in [2.45, 2.75) is 45.7 Å². The normalized spacial score (nSPS) is 15.6. The summed E-state index contributed by atoms with van der Waals surface area (Å²) in [6.07, 6.45) is 1.89. The van der Waals surface area contributed by atoms with Crippen LogP contribution in [0.4, 0.5) is 0 Å². The maximum Gasteiger partial charge on any atom is 0.224 e. The molecule has 0 fully saturated rings. The molecule has 1 aromatic rings. The van der Waals surface area contributed by atoms with E-state index >= 15 is 0 Å². The molecule has 0 spiro atoms. The van der Waals surface area contributed by atoms with Gasteiger partial charge in [-0.3, -0.25) is 4.79 Å². The average Bonchev–Trinajstić information content (AvgIpc) is 2.37. The molecule has 3 unspecified atom stereocenters. The minimum Gasteiger partial charge on any atom is -0.353 e. The van der Waals surface area contributed by atoms with Gasteiger partial charge in [0, 0.05) is 22.5 Å². The first kappa shape index (κ1) is 16.2. The fraction of sp³-hybridized carbons (Fsp3) is 0.533. The van der Waals surface area contributed by atoms with E-state index in [9.17, 15) is 4.79 Å². The maximum absolute atomic E-state index is 11.9. The summed E-state index contributed by atoms with van der Waals surface area (Å²) >= 11 is 3.42. The lowest BCUT2D eigenvalue weighted by atomic mass is 10.0. The van der Waals surface area contributed by atoms with Crippen molar-refractivity contribution >= 4 is 21.8 Å². The summed E-state index contributed by atoms with van der Waals surface area (Å²) in [6.45, 7) is 5.75. The number of nitrogens with two attached hydrogens (primary N) is 1. The van der Waals surface area contributed by atoms with Gasteiger partial charge >= 0.3 is 0 Å². The molecular formula is C15H23BrN2O. The number of aryl methyl sites for hydroxylation is 1. The SMILES string of the molecule is CC(CCc1ccc(Br)cc1)NC(=O)C(C)C(C)N. The number of carbonyl (C=O) groups excluding carboxylic acids is 1. The number of nitrogens with one attached hydrogen (secondary N) is 1. The fourth-order valence-electron chi connectivity index (χ4n) is 1.72. The molecule has 0 aliphatic rings. The van der Waals surface area contributed by atoms with Crippen LogP contribution in [0.3, 0.4) is 0 Å². The molecule has 3 nitrogen and oxygen atoms in total. The molecule has 0 radical (unpaired) electrons. The van der Waals surface area contributed by atoms with E-state index in [1.807, 2.05) is 32.9 Å². The number of amides is 1. The van der Waals surface area contributed by atoms with E-state index in [4.69, 9.17) is 5.73 Å². The van der Waals surface area contributed by atoms with E-state index in [-0.39, 0.29) is 23.9 Å². The Hall–Kier alpha value is -0.870. The smallest absolute Gasteiger partial charge is 0.224 e. The van der Waals surface area contributed by atoms with Gasteiger partial charge in [0.25, 0.3) is 0 Å². The van der Waals surface area contributed by atoms with E-state index in [0.29, 0.717) is 0 Å². The molecule has 4 heteroatoms. The van der Waals surface area contributed by atoms with Crippen LogP contribution in [0, 0.1) is 5.92 Å². The summed E-state index contributed by atoms with van der Waals surface area (Å²) in [5, 5.41) is 3.01. The van der Waals surface area contributed by atoms with Crippen LogP contribution in [-0.4, -0.2) is 18.0 Å². The number of hydrogen-bond acceptors (Lipinski definition) is 2. The van der Waals surface area contributed by atoms with Gasteiger partial charge in [0.1, 0.15) is 0 Å². The minimum atomic E-state index is -0.143. The lowest BCUT2D eigenvalue weighted by Gasteiger charge is -2.19. The standard InChI is InChI=1S/C15H23BrN2O/c1-10(18-15(19)11(2)12(3)17)4-5-13-6-8-14(16)9-7-13/h6-12H,4-5,17H2,1-3H3,(H,18,19). The Kier molecular flexibility index (Phi) is 6.52. The van der Waals surface area contributed by atoms with Crippen LogP contribution < -0.4 is 11.1 Å². The second kappa shape index (κ2) is 7.65. The van der Waals surface area contributed by atoms with Gasteiger partial charge in [-0.05, 0) is 44.4 Å². The van der Waals surface area contributed by atoms with Crippen molar-refractivity contribution < 1.29 is 4.79 Å². The van der Waals surface area contributed by atoms with Crippen LogP contribution in [0.1, 0.15) is 32.8 Å². The molecule has 0 saturated heterocycles. The number of halogens is 1. The third kappa shape index (κ3) is 5.74. The van der Waals surface area contributed by atoms with E-state index in [2.05, 4.69) is 33.4 Å². The third-order valence-corrected chi connectivity index (χ3v) is 3.90. The molecule has 1 amide bonds. The Bertz CT molecular complexity index is 403. The second-order valence-corrected chi connectivity index (χ2v) is 6.14. The highest BCUT2D eigenvalue weighted by Gasteiger charge is 2.18. The molecule has 0 saturated carbocycles. The predicted molar refractivity (Wildman–Crippen MR) is 82.9 cm³/mol. The Morgan fingerprint density at radius 2 is 1.84 bits per heavy atom. The fourth-order valence-corrected chi connectivity index (χ4v) is 1.98. The second-order valence-electron chi connectivity index (χ2n) is 5.22. The van der Waals surface area contributed by atoms with Gasteiger partial charge in [-0.1, -0.05) is 35.0 Å². The first-order chi connectivity index (χ1) is 8.90. The van der Waals surface area contributed by atoms with Crippen molar-refractivity contribution in [2.75, 3.05) is 0 Å². The molecule has 3 atom stereocenters. The van der Waals surface area contributed by atoms with Crippen molar-refractivity contribution in [1.82, 2.24) is 5.32 Å². The summed E-state index contributed by atoms with van der Waals surface area (Å²) in [5.74, 6) is -0.103. The van der Waals surface area contributed by atoms with Crippen molar-refractivity contribution in [2.24, 2.45) is 11.7 Å². The Morgan fingerprint density at radius 1 is 1.26 bits per heavy atom. The van der Waals surface area contributed by atoms with Gasteiger partial charge in [0.05, 0.1) is 0 Å². The van der Waals surface area contributed by atoms with Crippen LogP contribution in [0.5, 0.6) is 0 Å². The van der Waals surface area contributed by atoms with Crippen molar-refractivity contribution in [3.8, 4) is 0 Å². The van der Waals surface area contributed by atoms with Crippen LogP contribution in [0.25, 0.3) is 0 Å². The summed E-state index contributed by atoms with van der Waals surface area (Å²) in [4.78, 5) is 11.9. The highest BCUT2D eigenvalue weighted by Crippen LogP contribution is 2.12. The summed E-state index contributed by atoms with van der Waals surface area (Å²) < 4.78 is 1.09. The number of rotatable bonds is 6. The average molecular weight is 327 g/mol. The topological polar surface area (TPSA) is 55.1 Å². The monoisotopic (exact) mass is 326 g/mol. The zero-order valence-corrected chi connectivity index (χ0v) is 13.4. The first-order valence-electron chi connectivity index (χ1n) is 6.70. The maximum atomic E-state index is 11.9. The minimum absolute atomic E-state index is 0.0401. The summed E-state index contributed by atoms with van der Waals surface area (Å²) in [5.41, 5.74) is 7.01. The van der Waals surface area contributed by atoms with Crippen LogP contribution in [-0.2, 0) is 11.2 Å². The zero-order valence-electron chi connectivity index (χ0n) is 11.8. The highest BCUT2D eigenvalue weighted by atomic mass is 79.9. The highest BCUT2D eigenvalue weighted by molar-refractivity contribution is 9.10. The van der Waals surface area contributed by atoms with Crippen LogP contribution in [0.15, 0.2) is 28.7 Å². The molecule has 1 rings (SSSR count). The quantitative estimate of drug-likeness (QED) is 0.844. The summed E-state index contributed by atoms with van der Waals surface area (Å²) in [6, 6.07) is 8.33. The van der Waals surface area contributed by atoms with Gasteiger partial charge in [-0.25, -0.2) is 0 Å². The van der Waals surface area contributed by atoms with Gasteiger partial charge in [-0.2, -0.15) is 0 Å². The molecule has 0 aromatic heterocycles. The molecule has 0 aliphatic carbocycles. The predicted octanol–water partition coefficient (Wildman–Crippen LogP) is 2.87. The Labute approximate surface area is 124 Å². The molecule has 0 aliphatic heterocycles. The number of benzene rings is 1. The summed E-state index contributed by atoms with van der Waals surface area (Å²) in [7, 11) is 0. The van der Waals surface area contributed by atoms with Gasteiger partial charge in [0.2, 0.25) is 5.91 Å². The number of hydrogen-bond donors (Lipinski definition) is 2. The van der Waals surface area contributed by atoms with Crippen LogP contribution in [0.2, 0.25) is 0 Å². The van der Waals surface area contributed by atoms with E-state index < -0.39 is 0 Å². The molecule has 106 valence electrons. The Balaban J connectivity index is 2.37. The van der Waals surface area contributed by atoms with Gasteiger partial charge in [0.15, 0.2) is 0 Å². The van der Waals surface area contributed by atoms with Crippen molar-refractivity contribution in [3.05, 3.63) is 34.3 Å². The third-order valence-electron chi connectivity index (χ3n) is 3.37. The molecular weight excluding hydrogens is 304 g/mol. The number of carbonyl (C=O) groups is 1. The Morgan fingerprint density at radius 3 is 2.37 bits per heavy atom. The van der Waals surface area contributed by atoms with E-state index in [0.717, 1.165) is 17.3 Å².